The van der Waals surface area contributed by atoms with Gasteiger partial charge in [0.25, 0.3) is 11.8 Å². The molecule has 0 bridgehead atoms. The molecule has 24 heavy (non-hydrogen) atoms. The minimum absolute atomic E-state index is 0.0184. The number of nitrogens with zero attached hydrogens (tertiary/aromatic N) is 1. The van der Waals surface area contributed by atoms with E-state index in [4.69, 9.17) is 9.47 Å². The van der Waals surface area contributed by atoms with Gasteiger partial charge in [-0.1, -0.05) is 25.1 Å². The molecule has 0 aliphatic heterocycles. The first kappa shape index (κ1) is 17.8. The largest absolute Gasteiger partial charge is 0.478 e. The van der Waals surface area contributed by atoms with Gasteiger partial charge in [-0.2, -0.15) is 0 Å². The van der Waals surface area contributed by atoms with Gasteiger partial charge in [-0.3, -0.25) is 4.79 Å². The van der Waals surface area contributed by atoms with Crippen molar-refractivity contribution in [2.75, 3.05) is 11.9 Å². The van der Waals surface area contributed by atoms with Crippen LogP contribution in [-0.4, -0.2) is 23.6 Å². The van der Waals surface area contributed by atoms with Crippen molar-refractivity contribution in [3.05, 3.63) is 47.7 Å². The standard InChI is InChI=1S/C19H24N2O3/c1-5-15-9-6-8-14(4)18(15)21-17(22)12-23-16-10-7-11-20-19(16)24-13(2)3/h6-11,13H,5,12H2,1-4H3,(H,21,22). The van der Waals surface area contributed by atoms with E-state index in [1.54, 1.807) is 18.3 Å². The summed E-state index contributed by atoms with van der Waals surface area (Å²) in [6, 6.07) is 9.47. The van der Waals surface area contributed by atoms with Gasteiger partial charge in [-0.15, -0.1) is 0 Å². The summed E-state index contributed by atoms with van der Waals surface area (Å²) in [6.45, 7) is 7.76. The second-order valence-corrected chi connectivity index (χ2v) is 5.77. The number of rotatable bonds is 7. The van der Waals surface area contributed by atoms with Crippen LogP contribution in [0, 0.1) is 6.92 Å². The highest BCUT2D eigenvalue weighted by molar-refractivity contribution is 5.93. The summed E-state index contributed by atoms with van der Waals surface area (Å²) in [5, 5.41) is 2.94. The summed E-state index contributed by atoms with van der Waals surface area (Å²) >= 11 is 0. The number of benzene rings is 1. The molecule has 2 aromatic rings. The Balaban J connectivity index is 2.02. The second kappa shape index (κ2) is 8.34. The van der Waals surface area contributed by atoms with E-state index in [-0.39, 0.29) is 18.6 Å². The van der Waals surface area contributed by atoms with Crippen molar-refractivity contribution < 1.29 is 14.3 Å². The number of anilines is 1. The molecule has 1 aromatic carbocycles. The Hall–Kier alpha value is -2.56. The molecule has 128 valence electrons. The predicted molar refractivity (Wildman–Crippen MR) is 94.7 cm³/mol. The summed E-state index contributed by atoms with van der Waals surface area (Å²) in [7, 11) is 0. The Morgan fingerprint density at radius 2 is 2.04 bits per heavy atom. The van der Waals surface area contributed by atoms with Crippen LogP contribution in [0.25, 0.3) is 0 Å². The van der Waals surface area contributed by atoms with Crippen LogP contribution in [0.5, 0.6) is 11.6 Å². The zero-order chi connectivity index (χ0) is 17.5. The van der Waals surface area contributed by atoms with E-state index >= 15 is 0 Å². The van der Waals surface area contributed by atoms with Gasteiger partial charge in [-0.05, 0) is 50.5 Å². The molecule has 0 atom stereocenters. The topological polar surface area (TPSA) is 60.5 Å². The lowest BCUT2D eigenvalue weighted by molar-refractivity contribution is -0.118. The fraction of sp³-hybridized carbons (Fsp3) is 0.368. The van der Waals surface area contributed by atoms with Gasteiger partial charge in [0.2, 0.25) is 0 Å². The second-order valence-electron chi connectivity index (χ2n) is 5.77. The van der Waals surface area contributed by atoms with Gasteiger partial charge in [-0.25, -0.2) is 4.98 Å². The Morgan fingerprint density at radius 3 is 2.75 bits per heavy atom. The number of carbonyl (C=O) groups excluding carboxylic acids is 1. The highest BCUT2D eigenvalue weighted by Gasteiger charge is 2.12. The molecule has 0 spiro atoms. The molecule has 0 aliphatic rings. The number of amides is 1. The van der Waals surface area contributed by atoms with Crippen LogP contribution in [-0.2, 0) is 11.2 Å². The molecule has 1 aromatic heterocycles. The zero-order valence-corrected chi connectivity index (χ0v) is 14.6. The molecule has 0 saturated heterocycles. The minimum Gasteiger partial charge on any atom is -0.478 e. The highest BCUT2D eigenvalue weighted by Crippen LogP contribution is 2.25. The summed E-state index contributed by atoms with van der Waals surface area (Å²) in [4.78, 5) is 16.4. The summed E-state index contributed by atoms with van der Waals surface area (Å²) in [6.07, 6.45) is 2.47. The maximum atomic E-state index is 12.2. The van der Waals surface area contributed by atoms with Crippen molar-refractivity contribution in [1.29, 1.82) is 0 Å². The SMILES string of the molecule is CCc1cccc(C)c1NC(=O)COc1cccnc1OC(C)C. The maximum Gasteiger partial charge on any atom is 0.262 e. The molecule has 5 heteroatoms. The number of aryl methyl sites for hydroxylation is 2. The molecular formula is C19H24N2O3. The van der Waals surface area contributed by atoms with E-state index < -0.39 is 0 Å². The van der Waals surface area contributed by atoms with Crippen molar-refractivity contribution in [3.8, 4) is 11.6 Å². The van der Waals surface area contributed by atoms with Crippen LogP contribution in [0.1, 0.15) is 31.9 Å². The normalized spacial score (nSPS) is 10.5. The van der Waals surface area contributed by atoms with E-state index in [1.807, 2.05) is 39.0 Å². The van der Waals surface area contributed by atoms with Crippen molar-refractivity contribution in [3.63, 3.8) is 0 Å². The molecule has 0 aliphatic carbocycles. The lowest BCUT2D eigenvalue weighted by Gasteiger charge is -2.15. The third-order valence-corrected chi connectivity index (χ3v) is 3.45. The van der Waals surface area contributed by atoms with Gasteiger partial charge in [0.05, 0.1) is 6.10 Å². The van der Waals surface area contributed by atoms with Crippen LogP contribution < -0.4 is 14.8 Å². The summed E-state index contributed by atoms with van der Waals surface area (Å²) in [5.74, 6) is 0.644. The van der Waals surface area contributed by atoms with E-state index in [2.05, 4.69) is 17.2 Å². The van der Waals surface area contributed by atoms with Gasteiger partial charge in [0.15, 0.2) is 12.4 Å². The van der Waals surface area contributed by atoms with E-state index in [0.29, 0.717) is 11.6 Å². The molecule has 0 radical (unpaired) electrons. The molecule has 0 saturated carbocycles. The molecule has 2 rings (SSSR count). The third-order valence-electron chi connectivity index (χ3n) is 3.45. The van der Waals surface area contributed by atoms with Gasteiger partial charge >= 0.3 is 0 Å². The monoisotopic (exact) mass is 328 g/mol. The third kappa shape index (κ3) is 4.72. The zero-order valence-electron chi connectivity index (χ0n) is 14.6. The molecular weight excluding hydrogens is 304 g/mol. The number of hydrogen-bond acceptors (Lipinski definition) is 4. The number of para-hydroxylation sites is 1. The molecule has 0 fully saturated rings. The summed E-state index contributed by atoms with van der Waals surface area (Å²) < 4.78 is 11.2. The smallest absolute Gasteiger partial charge is 0.262 e. The van der Waals surface area contributed by atoms with Crippen LogP contribution in [0.15, 0.2) is 36.5 Å². The molecule has 5 nitrogen and oxygen atoms in total. The van der Waals surface area contributed by atoms with Gasteiger partial charge < -0.3 is 14.8 Å². The Morgan fingerprint density at radius 1 is 1.25 bits per heavy atom. The van der Waals surface area contributed by atoms with Crippen molar-refractivity contribution >= 4 is 11.6 Å². The van der Waals surface area contributed by atoms with Crippen LogP contribution in [0.4, 0.5) is 5.69 Å². The Kier molecular flexibility index (Phi) is 6.18. The molecule has 1 heterocycles. The highest BCUT2D eigenvalue weighted by atomic mass is 16.5. The fourth-order valence-corrected chi connectivity index (χ4v) is 2.32. The van der Waals surface area contributed by atoms with Gasteiger partial charge in [0, 0.05) is 11.9 Å². The Bertz CT molecular complexity index is 699. The van der Waals surface area contributed by atoms with Gasteiger partial charge in [0.1, 0.15) is 0 Å². The number of nitrogens with one attached hydrogen (secondary N) is 1. The van der Waals surface area contributed by atoms with Crippen LogP contribution in [0.3, 0.4) is 0 Å². The van der Waals surface area contributed by atoms with E-state index in [1.165, 1.54) is 0 Å². The first-order chi connectivity index (χ1) is 11.5. The first-order valence-electron chi connectivity index (χ1n) is 8.14. The molecule has 0 unspecified atom stereocenters. The van der Waals surface area contributed by atoms with E-state index in [9.17, 15) is 4.79 Å². The average Bonchev–Trinajstić information content (AvgIpc) is 2.55. The predicted octanol–water partition coefficient (Wildman–Crippen LogP) is 3.76. The maximum absolute atomic E-state index is 12.2. The summed E-state index contributed by atoms with van der Waals surface area (Å²) in [5.41, 5.74) is 3.00. The fourth-order valence-electron chi connectivity index (χ4n) is 2.32. The molecule has 1 amide bonds. The molecule has 1 N–H and O–H groups in total. The minimum atomic E-state index is -0.210. The Labute approximate surface area is 143 Å². The van der Waals surface area contributed by atoms with Crippen LogP contribution in [0.2, 0.25) is 0 Å². The quantitative estimate of drug-likeness (QED) is 0.841. The number of ether oxygens (including phenoxy) is 2. The average molecular weight is 328 g/mol. The van der Waals surface area contributed by atoms with Crippen molar-refractivity contribution in [1.82, 2.24) is 4.98 Å². The van der Waals surface area contributed by atoms with Crippen LogP contribution >= 0.6 is 0 Å². The van der Waals surface area contributed by atoms with E-state index in [0.717, 1.165) is 23.2 Å². The van der Waals surface area contributed by atoms with Crippen molar-refractivity contribution in [2.45, 2.75) is 40.2 Å². The number of pyridine rings is 1. The number of aromatic nitrogens is 1. The van der Waals surface area contributed by atoms with Crippen molar-refractivity contribution in [2.24, 2.45) is 0 Å². The first-order valence-corrected chi connectivity index (χ1v) is 8.14. The lowest BCUT2D eigenvalue weighted by atomic mass is 10.1. The number of hydrogen-bond donors (Lipinski definition) is 1. The number of carbonyl (C=O) groups is 1. The lowest BCUT2D eigenvalue weighted by Crippen LogP contribution is -2.22.